The van der Waals surface area contributed by atoms with Crippen molar-refractivity contribution in [2.45, 2.75) is 19.3 Å². The summed E-state index contributed by atoms with van der Waals surface area (Å²) in [4.78, 5) is 13.7. The van der Waals surface area contributed by atoms with E-state index in [0.29, 0.717) is 21.9 Å². The average Bonchev–Trinajstić information content (AvgIpc) is 3.81. The minimum atomic E-state index is -0.308. The Balaban J connectivity index is 1.32. The summed E-state index contributed by atoms with van der Waals surface area (Å²) < 4.78 is 11.4. The highest BCUT2D eigenvalue weighted by Crippen LogP contribution is 2.58. The second kappa shape index (κ2) is 10.4. The van der Waals surface area contributed by atoms with Crippen LogP contribution in [0.2, 0.25) is 0 Å². The van der Waals surface area contributed by atoms with E-state index >= 15 is 0 Å². The van der Waals surface area contributed by atoms with Crippen molar-refractivity contribution in [2.75, 3.05) is 0 Å². The van der Waals surface area contributed by atoms with E-state index in [4.69, 9.17) is 4.42 Å². The summed E-state index contributed by atoms with van der Waals surface area (Å²) in [7, 11) is 0. The fourth-order valence-electron chi connectivity index (χ4n) is 9.73. The lowest BCUT2D eigenvalue weighted by Gasteiger charge is -2.24. The van der Waals surface area contributed by atoms with Gasteiger partial charge in [0, 0.05) is 50.0 Å². The third-order valence-corrected chi connectivity index (χ3v) is 12.0. The predicted molar refractivity (Wildman–Crippen MR) is 224 cm³/mol. The first kappa shape index (κ1) is 29.6. The minimum absolute atomic E-state index is 0.0135. The van der Waals surface area contributed by atoms with Crippen molar-refractivity contribution in [3.05, 3.63) is 179 Å². The molecule has 254 valence electrons. The van der Waals surface area contributed by atoms with Crippen LogP contribution in [0.1, 0.15) is 25.0 Å². The molecule has 4 heteroatoms. The Morgan fingerprint density at radius 3 is 1.87 bits per heavy atom. The molecule has 0 fully saturated rings. The van der Waals surface area contributed by atoms with Crippen LogP contribution < -0.4 is 5.43 Å². The summed E-state index contributed by atoms with van der Waals surface area (Å²) in [5, 5.41) is 8.50. The summed E-state index contributed by atoms with van der Waals surface area (Å²) in [6.07, 6.45) is 0. The quantitative estimate of drug-likeness (QED) is 0.169. The third kappa shape index (κ3) is 3.69. The molecule has 12 rings (SSSR count). The van der Waals surface area contributed by atoms with Crippen molar-refractivity contribution in [3.8, 4) is 22.5 Å². The number of fused-ring (bicyclic) bond motifs is 15. The number of para-hydroxylation sites is 3. The predicted octanol–water partition coefficient (Wildman–Crippen LogP) is 12.6. The van der Waals surface area contributed by atoms with Crippen molar-refractivity contribution >= 4 is 76.3 Å². The van der Waals surface area contributed by atoms with E-state index in [9.17, 15) is 4.79 Å². The molecule has 0 amide bonds. The van der Waals surface area contributed by atoms with Gasteiger partial charge in [0.15, 0.2) is 0 Å². The smallest absolute Gasteiger partial charge is 0.200 e. The molecule has 1 aliphatic rings. The van der Waals surface area contributed by atoms with Gasteiger partial charge in [0.25, 0.3) is 0 Å². The molecule has 0 spiro atoms. The van der Waals surface area contributed by atoms with Crippen LogP contribution in [0.4, 0.5) is 0 Å². The molecule has 0 N–H and O–H groups in total. The van der Waals surface area contributed by atoms with E-state index < -0.39 is 0 Å². The summed E-state index contributed by atoms with van der Waals surface area (Å²) >= 11 is 0. The maximum absolute atomic E-state index is 13.7. The van der Waals surface area contributed by atoms with E-state index in [-0.39, 0.29) is 10.8 Å². The van der Waals surface area contributed by atoms with Gasteiger partial charge in [-0.3, -0.25) is 4.79 Å². The molecule has 0 radical (unpaired) electrons. The van der Waals surface area contributed by atoms with Crippen LogP contribution in [-0.4, -0.2) is 9.13 Å². The van der Waals surface area contributed by atoms with Crippen molar-refractivity contribution in [1.82, 2.24) is 9.13 Å². The first-order chi connectivity index (χ1) is 26.5. The van der Waals surface area contributed by atoms with Gasteiger partial charge >= 0.3 is 0 Å². The van der Waals surface area contributed by atoms with Gasteiger partial charge in [-0.05, 0) is 76.0 Å². The van der Waals surface area contributed by atoms with Crippen LogP contribution in [0.25, 0.3) is 98.8 Å². The minimum Gasteiger partial charge on any atom is -0.456 e. The number of hydrogen-bond acceptors (Lipinski definition) is 2. The molecule has 0 bridgehead atoms. The summed E-state index contributed by atoms with van der Waals surface area (Å²) in [5.41, 5.74) is 12.8. The Bertz CT molecular complexity index is 3500. The van der Waals surface area contributed by atoms with Gasteiger partial charge in [0.05, 0.1) is 32.8 Å². The molecule has 4 nitrogen and oxygen atoms in total. The normalized spacial score (nSPS) is 13.6. The molecule has 3 aromatic heterocycles. The Morgan fingerprint density at radius 2 is 1.07 bits per heavy atom. The van der Waals surface area contributed by atoms with E-state index in [1.165, 1.54) is 71.1 Å². The number of benzene rings is 8. The summed E-state index contributed by atoms with van der Waals surface area (Å²) in [5.74, 6) is 0. The van der Waals surface area contributed by atoms with Crippen LogP contribution in [0, 0.1) is 0 Å². The zero-order valence-corrected chi connectivity index (χ0v) is 29.7. The van der Waals surface area contributed by atoms with Crippen LogP contribution in [0.3, 0.4) is 0 Å². The summed E-state index contributed by atoms with van der Waals surface area (Å²) in [6.45, 7) is 4.77. The first-order valence-electron chi connectivity index (χ1n) is 18.6. The van der Waals surface area contributed by atoms with Crippen LogP contribution in [-0.2, 0) is 5.41 Å². The molecular weight excluding hydrogens is 661 g/mol. The zero-order valence-electron chi connectivity index (χ0n) is 29.7. The lowest BCUT2D eigenvalue weighted by Crippen LogP contribution is -2.16. The molecule has 0 saturated carbocycles. The maximum Gasteiger partial charge on any atom is 0.200 e. The maximum atomic E-state index is 13.7. The highest BCUT2D eigenvalue weighted by molar-refractivity contribution is 6.33. The highest BCUT2D eigenvalue weighted by atomic mass is 16.3. The highest BCUT2D eigenvalue weighted by Gasteiger charge is 2.41. The second-order valence-electron chi connectivity index (χ2n) is 15.2. The van der Waals surface area contributed by atoms with E-state index in [1.807, 2.05) is 30.3 Å². The van der Waals surface area contributed by atoms with Crippen molar-refractivity contribution in [3.63, 3.8) is 0 Å². The summed E-state index contributed by atoms with van der Waals surface area (Å²) in [6, 6.07) is 55.6. The van der Waals surface area contributed by atoms with Gasteiger partial charge in [-0.1, -0.05) is 117 Å². The number of hydrogen-bond donors (Lipinski definition) is 0. The zero-order chi connectivity index (χ0) is 35.9. The van der Waals surface area contributed by atoms with Gasteiger partial charge in [-0.25, -0.2) is 0 Å². The second-order valence-corrected chi connectivity index (χ2v) is 15.2. The topological polar surface area (TPSA) is 40.1 Å². The van der Waals surface area contributed by atoms with E-state index in [1.54, 1.807) is 0 Å². The molecule has 0 atom stereocenters. The van der Waals surface area contributed by atoms with Gasteiger partial charge in [-0.2, -0.15) is 0 Å². The SMILES string of the molecule is CC1(C)c2ccccc2-c2c1c1c(c3ccccc3n1-c1ccc3ccccc3c1)c1c3ccccc3n(-c3ccc4c(=O)c5ccccc5oc4c3)c21. The molecule has 8 aromatic carbocycles. The molecule has 11 aromatic rings. The largest absolute Gasteiger partial charge is 0.456 e. The fraction of sp³-hybridized carbons (Fsp3) is 0.0600. The first-order valence-corrected chi connectivity index (χ1v) is 18.6. The van der Waals surface area contributed by atoms with Crippen molar-refractivity contribution in [2.24, 2.45) is 0 Å². The number of nitrogens with zero attached hydrogens (tertiary/aromatic N) is 2. The Labute approximate surface area is 309 Å². The van der Waals surface area contributed by atoms with Crippen LogP contribution in [0.5, 0.6) is 0 Å². The van der Waals surface area contributed by atoms with E-state index in [0.717, 1.165) is 16.9 Å². The molecule has 3 heterocycles. The Kier molecular flexibility index (Phi) is 5.69. The fourth-order valence-corrected chi connectivity index (χ4v) is 9.73. The Hall–Kier alpha value is -6.91. The van der Waals surface area contributed by atoms with Gasteiger partial charge < -0.3 is 13.6 Å². The molecule has 0 unspecified atom stereocenters. The Morgan fingerprint density at radius 1 is 0.500 bits per heavy atom. The van der Waals surface area contributed by atoms with Crippen LogP contribution >= 0.6 is 0 Å². The lowest BCUT2D eigenvalue weighted by molar-refractivity contribution is 0.659. The van der Waals surface area contributed by atoms with Gasteiger partial charge in [-0.15, -0.1) is 0 Å². The van der Waals surface area contributed by atoms with Crippen molar-refractivity contribution in [1.29, 1.82) is 0 Å². The van der Waals surface area contributed by atoms with Crippen LogP contribution in [0.15, 0.2) is 167 Å². The molecule has 0 saturated heterocycles. The van der Waals surface area contributed by atoms with Gasteiger partial charge in [0.1, 0.15) is 11.2 Å². The third-order valence-electron chi connectivity index (χ3n) is 12.0. The lowest BCUT2D eigenvalue weighted by atomic mass is 9.81. The average molecular weight is 693 g/mol. The number of rotatable bonds is 2. The monoisotopic (exact) mass is 692 g/mol. The molecule has 0 aliphatic heterocycles. The number of aromatic nitrogens is 2. The molecular formula is C50H32N2O2. The van der Waals surface area contributed by atoms with Crippen molar-refractivity contribution < 1.29 is 4.42 Å². The van der Waals surface area contributed by atoms with Gasteiger partial charge in [0.2, 0.25) is 5.43 Å². The standard InChI is InChI=1S/C50H32N2O2/c1-50(2)38-19-9-5-15-33(38)45-46(50)48-44(35-17-7-11-21-40(35)52(48)31-24-23-29-13-3-4-14-30(29)27-31)43-34-16-6-10-20-39(34)51(47(43)45)32-25-26-37-42(28-32)54-41-22-12-8-18-36(41)49(37)53/h3-28H,1-2H3. The molecule has 54 heavy (non-hydrogen) atoms. The molecule has 1 aliphatic carbocycles. The van der Waals surface area contributed by atoms with E-state index in [2.05, 4.69) is 150 Å².